The first-order chi connectivity index (χ1) is 8.61. The first-order valence-electron chi connectivity index (χ1n) is 7.66. The Morgan fingerprint density at radius 3 is 2.26 bits per heavy atom. The summed E-state index contributed by atoms with van der Waals surface area (Å²) in [5.74, 6) is 0.367. The molecule has 0 saturated carbocycles. The van der Waals surface area contributed by atoms with Crippen molar-refractivity contribution in [2.24, 2.45) is 5.41 Å². The number of carbonyl (C=O) groups excluding carboxylic acids is 1. The van der Waals surface area contributed by atoms with Crippen molar-refractivity contribution >= 4 is 18.3 Å². The van der Waals surface area contributed by atoms with Gasteiger partial charge in [0.05, 0.1) is 5.54 Å². The lowest BCUT2D eigenvalue weighted by atomic mass is 9.82. The van der Waals surface area contributed by atoms with Gasteiger partial charge in [-0.25, -0.2) is 0 Å². The molecule has 2 rings (SSSR count). The average molecular weight is 289 g/mol. The lowest BCUT2D eigenvalue weighted by molar-refractivity contribution is -0.137. The zero-order valence-electron chi connectivity index (χ0n) is 12.6. The molecule has 112 valence electrons. The lowest BCUT2D eigenvalue weighted by Crippen LogP contribution is -2.54. The van der Waals surface area contributed by atoms with Crippen LogP contribution in [0.3, 0.4) is 0 Å². The van der Waals surface area contributed by atoms with E-state index in [2.05, 4.69) is 31.0 Å². The monoisotopic (exact) mass is 288 g/mol. The van der Waals surface area contributed by atoms with Crippen molar-refractivity contribution in [3.05, 3.63) is 0 Å². The highest BCUT2D eigenvalue weighted by Crippen LogP contribution is 2.38. The Morgan fingerprint density at radius 1 is 1.16 bits per heavy atom. The van der Waals surface area contributed by atoms with Gasteiger partial charge in [0.15, 0.2) is 0 Å². The third-order valence-electron chi connectivity index (χ3n) is 5.48. The van der Waals surface area contributed by atoms with Crippen LogP contribution in [0.1, 0.15) is 59.3 Å². The van der Waals surface area contributed by atoms with Crippen LogP contribution in [0.5, 0.6) is 0 Å². The van der Waals surface area contributed by atoms with Crippen molar-refractivity contribution < 1.29 is 4.79 Å². The van der Waals surface area contributed by atoms with E-state index in [0.29, 0.717) is 11.3 Å². The fourth-order valence-corrected chi connectivity index (χ4v) is 3.68. The largest absolute Gasteiger partial charge is 0.341 e. The number of likely N-dealkylation sites (tertiary alicyclic amines) is 1. The topological polar surface area (TPSA) is 32.3 Å². The van der Waals surface area contributed by atoms with E-state index in [-0.39, 0.29) is 17.9 Å². The molecule has 4 heteroatoms. The molecule has 0 aromatic rings. The number of amides is 1. The van der Waals surface area contributed by atoms with Gasteiger partial charge in [0, 0.05) is 13.1 Å². The summed E-state index contributed by atoms with van der Waals surface area (Å²) < 4.78 is 0. The zero-order chi connectivity index (χ0) is 13.2. The smallest absolute Gasteiger partial charge is 0.242 e. The first kappa shape index (κ1) is 16.8. The van der Waals surface area contributed by atoms with E-state index < -0.39 is 0 Å². The number of nitrogens with zero attached hydrogens (tertiary/aromatic N) is 1. The quantitative estimate of drug-likeness (QED) is 0.862. The number of nitrogens with one attached hydrogen (secondary N) is 1. The number of rotatable bonds is 4. The van der Waals surface area contributed by atoms with E-state index in [1.54, 1.807) is 0 Å². The Hall–Kier alpha value is -0.280. The minimum absolute atomic E-state index is 0. The van der Waals surface area contributed by atoms with E-state index in [9.17, 15) is 4.79 Å². The summed E-state index contributed by atoms with van der Waals surface area (Å²) in [7, 11) is 0. The van der Waals surface area contributed by atoms with Crippen LogP contribution in [0.2, 0.25) is 0 Å². The van der Waals surface area contributed by atoms with E-state index in [0.717, 1.165) is 38.9 Å². The number of carbonyl (C=O) groups is 1. The second-order valence-electron chi connectivity index (χ2n) is 6.15. The maximum absolute atomic E-state index is 12.8. The molecule has 2 fully saturated rings. The fourth-order valence-electron chi connectivity index (χ4n) is 3.68. The molecule has 1 unspecified atom stereocenters. The maximum atomic E-state index is 12.8. The summed E-state index contributed by atoms with van der Waals surface area (Å²) >= 11 is 0. The minimum Gasteiger partial charge on any atom is -0.341 e. The van der Waals surface area contributed by atoms with Crippen molar-refractivity contribution in [2.45, 2.75) is 64.8 Å². The molecule has 1 N–H and O–H groups in total. The van der Waals surface area contributed by atoms with Crippen LogP contribution in [0.15, 0.2) is 0 Å². The Balaban J connectivity index is 0.00000180. The molecular formula is C15H29ClN2O. The molecule has 0 aliphatic carbocycles. The highest BCUT2D eigenvalue weighted by molar-refractivity contribution is 5.87. The van der Waals surface area contributed by atoms with Crippen LogP contribution in [0.25, 0.3) is 0 Å². The van der Waals surface area contributed by atoms with Crippen LogP contribution < -0.4 is 5.32 Å². The molecule has 0 radical (unpaired) electrons. The van der Waals surface area contributed by atoms with Gasteiger partial charge in [-0.2, -0.15) is 0 Å². The average Bonchev–Trinajstić information content (AvgIpc) is 3.06. The van der Waals surface area contributed by atoms with Crippen LogP contribution in [0, 0.1) is 5.41 Å². The summed E-state index contributed by atoms with van der Waals surface area (Å²) in [6, 6.07) is 0. The Bertz CT molecular complexity index is 309. The Kier molecular flexibility index (Phi) is 5.69. The van der Waals surface area contributed by atoms with Crippen molar-refractivity contribution in [2.75, 3.05) is 19.6 Å². The molecule has 1 amide bonds. The summed E-state index contributed by atoms with van der Waals surface area (Å²) in [6.45, 7) is 9.60. The summed E-state index contributed by atoms with van der Waals surface area (Å²) in [4.78, 5) is 14.9. The number of hydrogen-bond donors (Lipinski definition) is 1. The van der Waals surface area contributed by atoms with Crippen molar-refractivity contribution in [1.29, 1.82) is 0 Å². The molecular weight excluding hydrogens is 260 g/mol. The van der Waals surface area contributed by atoms with Gasteiger partial charge < -0.3 is 10.2 Å². The van der Waals surface area contributed by atoms with Gasteiger partial charge in [-0.05, 0) is 50.5 Å². The van der Waals surface area contributed by atoms with Crippen LogP contribution in [-0.4, -0.2) is 36.0 Å². The summed E-state index contributed by atoms with van der Waals surface area (Å²) in [5, 5.41) is 3.47. The molecule has 0 aromatic heterocycles. The third kappa shape index (κ3) is 2.92. The highest BCUT2D eigenvalue weighted by atomic mass is 35.5. The minimum atomic E-state index is -0.239. The zero-order valence-corrected chi connectivity index (χ0v) is 13.4. The normalized spacial score (nSPS) is 29.3. The molecule has 19 heavy (non-hydrogen) atoms. The molecule has 0 bridgehead atoms. The van der Waals surface area contributed by atoms with Crippen molar-refractivity contribution in [1.82, 2.24) is 10.2 Å². The van der Waals surface area contributed by atoms with Gasteiger partial charge in [0.2, 0.25) is 5.91 Å². The van der Waals surface area contributed by atoms with E-state index in [1.807, 2.05) is 0 Å². The van der Waals surface area contributed by atoms with Crippen LogP contribution in [-0.2, 0) is 4.79 Å². The summed E-state index contributed by atoms with van der Waals surface area (Å²) in [5.41, 5.74) is 0.154. The van der Waals surface area contributed by atoms with Crippen molar-refractivity contribution in [3.8, 4) is 0 Å². The third-order valence-corrected chi connectivity index (χ3v) is 5.48. The molecule has 1 atom stereocenters. The van der Waals surface area contributed by atoms with Gasteiger partial charge >= 0.3 is 0 Å². The maximum Gasteiger partial charge on any atom is 0.242 e. The van der Waals surface area contributed by atoms with Gasteiger partial charge in [-0.3, -0.25) is 4.79 Å². The molecule has 0 aromatic carbocycles. The number of halogens is 1. The SMILES string of the molecule is CCC1(CC)CCN(C(=O)C2(CC)CCCN2)C1.Cl. The lowest BCUT2D eigenvalue weighted by Gasteiger charge is -2.33. The highest BCUT2D eigenvalue weighted by Gasteiger charge is 2.46. The molecule has 2 aliphatic heterocycles. The Morgan fingerprint density at radius 2 is 1.84 bits per heavy atom. The van der Waals surface area contributed by atoms with Crippen LogP contribution in [0.4, 0.5) is 0 Å². The van der Waals surface area contributed by atoms with E-state index in [4.69, 9.17) is 0 Å². The van der Waals surface area contributed by atoms with Crippen molar-refractivity contribution in [3.63, 3.8) is 0 Å². The fraction of sp³-hybridized carbons (Fsp3) is 0.933. The molecule has 2 heterocycles. The molecule has 2 saturated heterocycles. The van der Waals surface area contributed by atoms with Gasteiger partial charge in [0.25, 0.3) is 0 Å². The molecule has 2 aliphatic rings. The predicted molar refractivity (Wildman–Crippen MR) is 81.7 cm³/mol. The molecule has 3 nitrogen and oxygen atoms in total. The first-order valence-corrected chi connectivity index (χ1v) is 7.66. The van der Waals surface area contributed by atoms with Crippen LogP contribution >= 0.6 is 12.4 Å². The Labute approximate surface area is 123 Å². The second-order valence-corrected chi connectivity index (χ2v) is 6.15. The van der Waals surface area contributed by atoms with E-state index in [1.165, 1.54) is 19.3 Å². The number of hydrogen-bond acceptors (Lipinski definition) is 2. The summed E-state index contributed by atoms with van der Waals surface area (Å²) in [6.07, 6.45) is 6.66. The van der Waals surface area contributed by atoms with Gasteiger partial charge in [-0.1, -0.05) is 20.8 Å². The predicted octanol–water partition coefficient (Wildman–Crippen LogP) is 2.98. The van der Waals surface area contributed by atoms with Gasteiger partial charge in [-0.15, -0.1) is 12.4 Å². The van der Waals surface area contributed by atoms with Gasteiger partial charge in [0.1, 0.15) is 0 Å². The van der Waals surface area contributed by atoms with E-state index >= 15 is 0 Å². The molecule has 0 spiro atoms. The second kappa shape index (κ2) is 6.45. The standard InChI is InChI=1S/C15H28N2O.ClH/c1-4-14(5-2)9-11-17(12-14)13(18)15(6-3)8-7-10-16-15;/h16H,4-12H2,1-3H3;1H.